The molecule has 0 saturated carbocycles. The molecular weight excluding hydrogens is 420 g/mol. The molecule has 25 heavy (non-hydrogen) atoms. The summed E-state index contributed by atoms with van der Waals surface area (Å²) in [6.07, 6.45) is 2.42. The van der Waals surface area contributed by atoms with Crippen LogP contribution in [0.4, 0.5) is 5.69 Å². The molecule has 0 spiro atoms. The topological polar surface area (TPSA) is 24.5 Å². The van der Waals surface area contributed by atoms with Crippen LogP contribution in [0.5, 0.6) is 0 Å². The van der Waals surface area contributed by atoms with Crippen molar-refractivity contribution in [1.29, 1.82) is 0 Å². The van der Waals surface area contributed by atoms with Crippen molar-refractivity contribution in [2.75, 3.05) is 18.5 Å². The molecule has 0 aliphatic carbocycles. The highest BCUT2D eigenvalue weighted by Crippen LogP contribution is 2.19. The van der Waals surface area contributed by atoms with Crippen molar-refractivity contribution in [3.63, 3.8) is 0 Å². The summed E-state index contributed by atoms with van der Waals surface area (Å²) in [5, 5.41) is 4.76. The summed E-state index contributed by atoms with van der Waals surface area (Å²) in [5.41, 5.74) is 2.10. The van der Waals surface area contributed by atoms with Crippen LogP contribution < -0.4 is 5.32 Å². The Morgan fingerprint density at radius 1 is 1.28 bits per heavy atom. The van der Waals surface area contributed by atoms with E-state index in [-0.39, 0.29) is 6.10 Å². The van der Waals surface area contributed by atoms with E-state index in [9.17, 15) is 0 Å². The fraction of sp³-hybridized carbons (Fsp3) is 0.316. The Balaban J connectivity index is 1.71. The number of benzene rings is 2. The van der Waals surface area contributed by atoms with E-state index in [1.165, 1.54) is 0 Å². The molecule has 0 aromatic heterocycles. The first kappa shape index (κ1) is 18.6. The number of nitrogens with one attached hydrogen (secondary N) is 1. The zero-order valence-corrected chi connectivity index (χ0v) is 16.9. The Labute approximate surface area is 167 Å². The van der Waals surface area contributed by atoms with Gasteiger partial charge in [-0.3, -0.25) is 0 Å². The molecule has 132 valence electrons. The van der Waals surface area contributed by atoms with Crippen LogP contribution in [0, 0.1) is 0 Å². The molecule has 1 unspecified atom stereocenters. The highest BCUT2D eigenvalue weighted by Gasteiger charge is 2.21. The average Bonchev–Trinajstić information content (AvgIpc) is 3.09. The number of hydrogen-bond acceptors (Lipinski definition) is 2. The molecular formula is C19H20BrClN2OS. The maximum atomic E-state index is 6.13. The van der Waals surface area contributed by atoms with Crippen molar-refractivity contribution in [1.82, 2.24) is 4.90 Å². The minimum Gasteiger partial charge on any atom is -0.376 e. The maximum Gasteiger partial charge on any atom is 0.173 e. The Kier molecular flexibility index (Phi) is 6.70. The lowest BCUT2D eigenvalue weighted by molar-refractivity contribution is 0.0905. The molecule has 1 aliphatic heterocycles. The van der Waals surface area contributed by atoms with E-state index in [4.69, 9.17) is 28.6 Å². The number of hydrogen-bond donors (Lipinski definition) is 1. The van der Waals surface area contributed by atoms with E-state index < -0.39 is 0 Å². The monoisotopic (exact) mass is 438 g/mol. The van der Waals surface area contributed by atoms with Gasteiger partial charge >= 0.3 is 0 Å². The lowest BCUT2D eigenvalue weighted by Gasteiger charge is -2.28. The van der Waals surface area contributed by atoms with Gasteiger partial charge in [0.05, 0.1) is 6.10 Å². The van der Waals surface area contributed by atoms with Gasteiger partial charge in [0.25, 0.3) is 0 Å². The molecule has 0 bridgehead atoms. The highest BCUT2D eigenvalue weighted by atomic mass is 79.9. The molecule has 0 radical (unpaired) electrons. The van der Waals surface area contributed by atoms with Gasteiger partial charge in [-0.25, -0.2) is 0 Å². The third kappa shape index (κ3) is 5.68. The summed E-state index contributed by atoms with van der Waals surface area (Å²) in [6.45, 7) is 2.31. The molecule has 1 N–H and O–H groups in total. The summed E-state index contributed by atoms with van der Waals surface area (Å²) in [7, 11) is 0. The zero-order chi connectivity index (χ0) is 17.6. The first-order chi connectivity index (χ1) is 12.1. The third-order valence-corrected chi connectivity index (χ3v) is 5.22. The van der Waals surface area contributed by atoms with Crippen LogP contribution >= 0.6 is 39.7 Å². The zero-order valence-electron chi connectivity index (χ0n) is 13.8. The number of anilines is 1. The van der Waals surface area contributed by atoms with Crippen LogP contribution in [0.25, 0.3) is 0 Å². The smallest absolute Gasteiger partial charge is 0.173 e. The first-order valence-electron chi connectivity index (χ1n) is 8.28. The van der Waals surface area contributed by atoms with E-state index in [0.717, 1.165) is 46.7 Å². The Hall–Kier alpha value is -1.14. The van der Waals surface area contributed by atoms with Gasteiger partial charge < -0.3 is 15.0 Å². The van der Waals surface area contributed by atoms with Crippen LogP contribution in [0.2, 0.25) is 5.02 Å². The van der Waals surface area contributed by atoms with Gasteiger partial charge in [0, 0.05) is 34.9 Å². The first-order valence-corrected chi connectivity index (χ1v) is 9.85. The third-order valence-electron chi connectivity index (χ3n) is 4.09. The van der Waals surface area contributed by atoms with Gasteiger partial charge in [0.1, 0.15) is 0 Å². The van der Waals surface area contributed by atoms with Crippen LogP contribution in [0.1, 0.15) is 18.4 Å². The molecule has 1 saturated heterocycles. The van der Waals surface area contributed by atoms with Gasteiger partial charge in [-0.15, -0.1) is 0 Å². The molecule has 2 aromatic carbocycles. The molecule has 6 heteroatoms. The summed E-state index contributed by atoms with van der Waals surface area (Å²) >= 11 is 15.2. The summed E-state index contributed by atoms with van der Waals surface area (Å²) < 4.78 is 6.84. The number of nitrogens with zero attached hydrogens (tertiary/aromatic N) is 1. The fourth-order valence-corrected chi connectivity index (χ4v) is 3.58. The van der Waals surface area contributed by atoms with Gasteiger partial charge in [-0.2, -0.15) is 0 Å². The number of rotatable bonds is 5. The SMILES string of the molecule is S=C(Nc1ccc(Br)cc1)N(Cc1cccc(Cl)c1)CC1CCCO1. The lowest BCUT2D eigenvalue weighted by atomic mass is 10.2. The second-order valence-electron chi connectivity index (χ2n) is 6.08. The summed E-state index contributed by atoms with van der Waals surface area (Å²) in [5.74, 6) is 0. The van der Waals surface area contributed by atoms with E-state index in [1.807, 2.05) is 42.5 Å². The van der Waals surface area contributed by atoms with Crippen LogP contribution in [-0.2, 0) is 11.3 Å². The van der Waals surface area contributed by atoms with E-state index >= 15 is 0 Å². The molecule has 1 fully saturated rings. The molecule has 1 aliphatic rings. The Morgan fingerprint density at radius 2 is 2.08 bits per heavy atom. The molecule has 1 heterocycles. The standard InChI is InChI=1S/C19H20BrClN2OS/c20-15-6-8-17(9-7-15)22-19(25)23(13-18-5-2-10-24-18)12-14-3-1-4-16(21)11-14/h1,3-4,6-9,11,18H,2,5,10,12-13H2,(H,22,25). The van der Waals surface area contributed by atoms with Gasteiger partial charge in [-0.1, -0.05) is 39.7 Å². The number of halogens is 2. The molecule has 3 nitrogen and oxygen atoms in total. The van der Waals surface area contributed by atoms with Crippen LogP contribution in [0.3, 0.4) is 0 Å². The van der Waals surface area contributed by atoms with E-state index in [2.05, 4.69) is 32.2 Å². The lowest BCUT2D eigenvalue weighted by Crippen LogP contribution is -2.39. The van der Waals surface area contributed by atoms with Crippen molar-refractivity contribution in [2.24, 2.45) is 0 Å². The van der Waals surface area contributed by atoms with E-state index in [1.54, 1.807) is 0 Å². The van der Waals surface area contributed by atoms with Crippen LogP contribution in [-0.4, -0.2) is 29.3 Å². The quantitative estimate of drug-likeness (QED) is 0.623. The average molecular weight is 440 g/mol. The van der Waals surface area contributed by atoms with Crippen molar-refractivity contribution < 1.29 is 4.74 Å². The summed E-state index contributed by atoms with van der Waals surface area (Å²) in [4.78, 5) is 2.15. The van der Waals surface area contributed by atoms with Gasteiger partial charge in [0.15, 0.2) is 5.11 Å². The Morgan fingerprint density at radius 3 is 2.76 bits per heavy atom. The largest absolute Gasteiger partial charge is 0.376 e. The predicted molar refractivity (Wildman–Crippen MR) is 111 cm³/mol. The highest BCUT2D eigenvalue weighted by molar-refractivity contribution is 9.10. The molecule has 0 amide bonds. The van der Waals surface area contributed by atoms with E-state index in [0.29, 0.717) is 11.7 Å². The van der Waals surface area contributed by atoms with Gasteiger partial charge in [-0.05, 0) is 67.0 Å². The minimum atomic E-state index is 0.226. The predicted octanol–water partition coefficient (Wildman–Crippen LogP) is 5.48. The fourth-order valence-electron chi connectivity index (χ4n) is 2.84. The minimum absolute atomic E-state index is 0.226. The molecule has 1 atom stereocenters. The number of ether oxygens (including phenoxy) is 1. The van der Waals surface area contributed by atoms with Crippen molar-refractivity contribution in [2.45, 2.75) is 25.5 Å². The normalized spacial score (nSPS) is 16.6. The second kappa shape index (κ2) is 8.99. The summed E-state index contributed by atoms with van der Waals surface area (Å²) in [6, 6.07) is 15.9. The maximum absolute atomic E-state index is 6.13. The second-order valence-corrected chi connectivity index (χ2v) is 7.82. The van der Waals surface area contributed by atoms with Crippen LogP contribution in [0.15, 0.2) is 53.0 Å². The van der Waals surface area contributed by atoms with Crippen molar-refractivity contribution >= 4 is 50.5 Å². The van der Waals surface area contributed by atoms with Crippen molar-refractivity contribution in [3.8, 4) is 0 Å². The molecule has 3 rings (SSSR count). The molecule has 2 aromatic rings. The van der Waals surface area contributed by atoms with Gasteiger partial charge in [0.2, 0.25) is 0 Å². The van der Waals surface area contributed by atoms with Crippen molar-refractivity contribution in [3.05, 3.63) is 63.6 Å². The number of thiocarbonyl (C=S) groups is 1. The Bertz CT molecular complexity index is 720.